The monoisotopic (exact) mass is 276 g/mol. The molecule has 5 heteroatoms. The minimum absolute atomic E-state index is 0.0404. The molecule has 1 radical (unpaired) electrons. The normalized spacial score (nSPS) is 12.0. The molecule has 109 valence electrons. The number of benzene rings is 1. The molecular weight excluding hydrogens is 254 g/mol. The lowest BCUT2D eigenvalue weighted by Gasteiger charge is -2.29. The quantitative estimate of drug-likeness (QED) is 0.564. The maximum atomic E-state index is 12.2. The van der Waals surface area contributed by atoms with E-state index in [2.05, 4.69) is 36.3 Å². The first-order valence-corrected chi connectivity index (χ1v) is 6.94. The number of anilines is 1. The summed E-state index contributed by atoms with van der Waals surface area (Å²) in [6.45, 7) is 8.00. The second-order valence-corrected chi connectivity index (χ2v) is 4.42. The van der Waals surface area contributed by atoms with Crippen LogP contribution in [0.3, 0.4) is 0 Å². The molecule has 1 atom stereocenters. The average Bonchev–Trinajstić information content (AvgIpc) is 2.48. The van der Waals surface area contributed by atoms with Crippen LogP contribution in [0.4, 0.5) is 5.69 Å². The Labute approximate surface area is 120 Å². The number of hydrogen-bond donors (Lipinski definition) is 2. The third-order valence-corrected chi connectivity index (χ3v) is 3.28. The van der Waals surface area contributed by atoms with Gasteiger partial charge < -0.3 is 10.6 Å². The number of rotatable bonds is 8. The van der Waals surface area contributed by atoms with Gasteiger partial charge in [-0.15, -0.1) is 0 Å². The molecule has 0 spiro atoms. The van der Waals surface area contributed by atoms with Crippen molar-refractivity contribution >= 4 is 18.0 Å². The molecule has 0 heterocycles. The van der Waals surface area contributed by atoms with Gasteiger partial charge in [0.25, 0.3) is 5.91 Å². The molecule has 2 amide bonds. The van der Waals surface area contributed by atoms with Gasteiger partial charge in [0.1, 0.15) is 0 Å². The minimum atomic E-state index is -0.106. The van der Waals surface area contributed by atoms with E-state index in [1.54, 1.807) is 30.7 Å². The van der Waals surface area contributed by atoms with Crippen molar-refractivity contribution in [2.24, 2.45) is 0 Å². The molecule has 5 nitrogen and oxygen atoms in total. The largest absolute Gasteiger partial charge is 0.337 e. The summed E-state index contributed by atoms with van der Waals surface area (Å²) in [6.07, 6.45) is 2.49. The van der Waals surface area contributed by atoms with Gasteiger partial charge in [0, 0.05) is 11.3 Å². The van der Waals surface area contributed by atoms with Gasteiger partial charge in [-0.3, -0.25) is 14.5 Å². The van der Waals surface area contributed by atoms with Crippen molar-refractivity contribution in [1.29, 1.82) is 0 Å². The van der Waals surface area contributed by atoms with Gasteiger partial charge in [-0.1, -0.05) is 20.8 Å². The Hall–Kier alpha value is -1.88. The summed E-state index contributed by atoms with van der Waals surface area (Å²) in [7, 11) is 0. The second-order valence-electron chi connectivity index (χ2n) is 4.42. The van der Waals surface area contributed by atoms with Gasteiger partial charge in [0.15, 0.2) is 0 Å². The molecule has 1 aromatic rings. The lowest BCUT2D eigenvalue weighted by Crippen LogP contribution is -2.47. The molecule has 1 aromatic carbocycles. The maximum absolute atomic E-state index is 12.2. The van der Waals surface area contributed by atoms with Gasteiger partial charge >= 0.3 is 6.41 Å². The summed E-state index contributed by atoms with van der Waals surface area (Å²) >= 11 is 0. The molecule has 0 bridgehead atoms. The molecule has 2 N–H and O–H groups in total. The van der Waals surface area contributed by atoms with E-state index in [0.29, 0.717) is 11.3 Å². The molecule has 1 unspecified atom stereocenters. The fourth-order valence-electron chi connectivity index (χ4n) is 2.11. The predicted molar refractivity (Wildman–Crippen MR) is 80.2 cm³/mol. The van der Waals surface area contributed by atoms with Crippen molar-refractivity contribution in [2.45, 2.75) is 33.4 Å². The molecule has 0 aromatic heterocycles. The van der Waals surface area contributed by atoms with Crippen molar-refractivity contribution in [3.05, 3.63) is 29.8 Å². The Morgan fingerprint density at radius 1 is 1.20 bits per heavy atom. The van der Waals surface area contributed by atoms with Crippen LogP contribution in [0, 0.1) is 0 Å². The number of carbonyl (C=O) groups excluding carboxylic acids is 2. The van der Waals surface area contributed by atoms with Gasteiger partial charge in [0.05, 0.1) is 6.17 Å². The van der Waals surface area contributed by atoms with E-state index in [9.17, 15) is 9.59 Å². The smallest absolute Gasteiger partial charge is 0.314 e. The number of carbonyl (C=O) groups is 1. The Morgan fingerprint density at radius 3 is 2.25 bits per heavy atom. The van der Waals surface area contributed by atoms with E-state index in [4.69, 9.17) is 0 Å². The van der Waals surface area contributed by atoms with Crippen molar-refractivity contribution in [3.8, 4) is 0 Å². The van der Waals surface area contributed by atoms with Gasteiger partial charge in [-0.05, 0) is 43.8 Å². The molecular formula is C15H22N3O2. The maximum Gasteiger partial charge on any atom is 0.314 e. The highest BCUT2D eigenvalue weighted by Gasteiger charge is 2.16. The first-order chi connectivity index (χ1) is 9.65. The van der Waals surface area contributed by atoms with Crippen LogP contribution in [-0.2, 0) is 4.79 Å². The lowest BCUT2D eigenvalue weighted by atomic mass is 10.2. The van der Waals surface area contributed by atoms with E-state index >= 15 is 0 Å². The molecule has 0 aliphatic rings. The number of nitrogens with zero attached hydrogens (tertiary/aromatic N) is 1. The van der Waals surface area contributed by atoms with Gasteiger partial charge in [-0.25, -0.2) is 0 Å². The highest BCUT2D eigenvalue weighted by molar-refractivity contribution is 5.94. The van der Waals surface area contributed by atoms with Crippen LogP contribution < -0.4 is 10.6 Å². The minimum Gasteiger partial charge on any atom is -0.337 e. The summed E-state index contributed by atoms with van der Waals surface area (Å²) in [4.78, 5) is 24.6. The zero-order valence-electron chi connectivity index (χ0n) is 12.3. The zero-order chi connectivity index (χ0) is 15.0. The third kappa shape index (κ3) is 4.35. The molecule has 0 aliphatic carbocycles. The third-order valence-electron chi connectivity index (χ3n) is 3.28. The van der Waals surface area contributed by atoms with E-state index in [1.165, 1.54) is 0 Å². The number of nitrogens with one attached hydrogen (secondary N) is 2. The highest BCUT2D eigenvalue weighted by Crippen LogP contribution is 2.09. The van der Waals surface area contributed by atoms with Crippen molar-refractivity contribution in [2.75, 3.05) is 18.4 Å². The van der Waals surface area contributed by atoms with Gasteiger partial charge in [-0.2, -0.15) is 0 Å². The average molecular weight is 276 g/mol. The van der Waals surface area contributed by atoms with E-state index < -0.39 is 0 Å². The predicted octanol–water partition coefficient (Wildman–Crippen LogP) is 1.97. The van der Waals surface area contributed by atoms with Crippen LogP contribution in [0.25, 0.3) is 0 Å². The van der Waals surface area contributed by atoms with E-state index in [1.807, 2.05) is 0 Å². The summed E-state index contributed by atoms with van der Waals surface area (Å²) in [6, 6.07) is 6.73. The fraction of sp³-hybridized carbons (Fsp3) is 0.467. The van der Waals surface area contributed by atoms with Crippen LogP contribution in [0.5, 0.6) is 0 Å². The standard InChI is InChI=1S/C15H22N3O2/c1-4-14(18(5-2)6-3)17-15(20)12-7-9-13(10-8-12)16-11-19/h7-10,14H,4-6H2,1-3H3,(H,16,19)(H,17,20). The van der Waals surface area contributed by atoms with Crippen LogP contribution in [0.1, 0.15) is 37.6 Å². The van der Waals surface area contributed by atoms with E-state index in [0.717, 1.165) is 19.5 Å². The zero-order valence-corrected chi connectivity index (χ0v) is 12.3. The van der Waals surface area contributed by atoms with Crippen LogP contribution >= 0.6 is 0 Å². The summed E-state index contributed by atoms with van der Waals surface area (Å²) in [5.74, 6) is -0.106. The summed E-state index contributed by atoms with van der Waals surface area (Å²) < 4.78 is 0. The second kappa shape index (κ2) is 8.32. The Morgan fingerprint density at radius 2 is 1.80 bits per heavy atom. The molecule has 0 fully saturated rings. The highest BCUT2D eigenvalue weighted by atomic mass is 16.2. The number of amides is 2. The van der Waals surface area contributed by atoms with Crippen molar-refractivity contribution in [1.82, 2.24) is 10.2 Å². The van der Waals surface area contributed by atoms with Gasteiger partial charge in [0.2, 0.25) is 0 Å². The Bertz CT molecular complexity index is 427. The number of hydrogen-bond acceptors (Lipinski definition) is 3. The molecule has 0 aliphatic heterocycles. The topological polar surface area (TPSA) is 61.4 Å². The SMILES string of the molecule is CCC(NC(=O)c1ccc(N[C]=O)cc1)N(CC)CC. The summed E-state index contributed by atoms with van der Waals surface area (Å²) in [5, 5.41) is 5.44. The van der Waals surface area contributed by atoms with Crippen LogP contribution in [0.15, 0.2) is 24.3 Å². The van der Waals surface area contributed by atoms with E-state index in [-0.39, 0.29) is 12.1 Å². The first-order valence-electron chi connectivity index (χ1n) is 6.94. The van der Waals surface area contributed by atoms with Crippen molar-refractivity contribution in [3.63, 3.8) is 0 Å². The Kier molecular flexibility index (Phi) is 6.73. The molecule has 20 heavy (non-hydrogen) atoms. The summed E-state index contributed by atoms with van der Waals surface area (Å²) in [5.41, 5.74) is 1.19. The van der Waals surface area contributed by atoms with Crippen LogP contribution in [-0.4, -0.2) is 36.5 Å². The van der Waals surface area contributed by atoms with Crippen LogP contribution in [0.2, 0.25) is 0 Å². The van der Waals surface area contributed by atoms with Crippen molar-refractivity contribution < 1.29 is 9.59 Å². The fourth-order valence-corrected chi connectivity index (χ4v) is 2.11. The molecule has 1 rings (SSSR count). The first kappa shape index (κ1) is 16.2. The lowest BCUT2D eigenvalue weighted by molar-refractivity contribution is 0.0855. The molecule has 0 saturated heterocycles. The molecule has 0 saturated carbocycles. The Balaban J connectivity index is 2.71.